The molecule has 5 rings (SSSR count). The number of alkyl halides is 3. The van der Waals surface area contributed by atoms with Crippen molar-refractivity contribution in [3.05, 3.63) is 107 Å². The Bertz CT molecular complexity index is 1740. The number of amides is 1. The van der Waals surface area contributed by atoms with Crippen molar-refractivity contribution in [3.8, 4) is 28.3 Å². The molecule has 216 valence electrons. The van der Waals surface area contributed by atoms with Gasteiger partial charge >= 0.3 is 6.18 Å². The summed E-state index contributed by atoms with van der Waals surface area (Å²) < 4.78 is 55.8. The van der Waals surface area contributed by atoms with Crippen LogP contribution in [0.3, 0.4) is 0 Å². The van der Waals surface area contributed by atoms with E-state index in [-0.39, 0.29) is 22.4 Å². The van der Waals surface area contributed by atoms with E-state index in [4.69, 9.17) is 14.9 Å². The number of carbonyl (C=O) groups excluding carboxylic acids is 1. The molecular weight excluding hydrogens is 541 g/mol. The predicted molar refractivity (Wildman–Crippen MR) is 157 cm³/mol. The van der Waals surface area contributed by atoms with E-state index in [9.17, 15) is 18.0 Å². The van der Waals surface area contributed by atoms with E-state index in [1.54, 1.807) is 36.4 Å². The molecule has 1 amide bonds. The summed E-state index contributed by atoms with van der Waals surface area (Å²) in [6.07, 6.45) is -3.31. The Morgan fingerprint density at radius 1 is 0.929 bits per heavy atom. The van der Waals surface area contributed by atoms with Crippen LogP contribution in [0, 0.1) is 0 Å². The van der Waals surface area contributed by atoms with Crippen LogP contribution in [0.1, 0.15) is 54.2 Å². The van der Waals surface area contributed by atoms with Crippen LogP contribution in [-0.4, -0.2) is 17.5 Å². The van der Waals surface area contributed by atoms with E-state index in [0.29, 0.717) is 29.0 Å². The van der Waals surface area contributed by atoms with Crippen LogP contribution in [0.15, 0.2) is 89.3 Å². The number of hydrogen-bond acceptors (Lipinski definition) is 4. The predicted octanol–water partition coefficient (Wildman–Crippen LogP) is 8.59. The SMILES string of the molecule is CC(C)(C)c1ccc2oc(-c3c(-c4cccc(OCCCc5ccccc5)c4)ccc(C(N)=O)c3C(F)(F)F)nc2c1. The monoisotopic (exact) mass is 572 g/mol. The summed E-state index contributed by atoms with van der Waals surface area (Å²) in [4.78, 5) is 16.7. The maximum atomic E-state index is 14.6. The zero-order valence-corrected chi connectivity index (χ0v) is 23.6. The normalized spacial score (nSPS) is 12.0. The molecule has 0 bridgehead atoms. The van der Waals surface area contributed by atoms with Gasteiger partial charge in [0, 0.05) is 0 Å². The van der Waals surface area contributed by atoms with Crippen molar-refractivity contribution in [1.82, 2.24) is 4.98 Å². The van der Waals surface area contributed by atoms with Crippen LogP contribution in [0.5, 0.6) is 5.75 Å². The minimum absolute atomic E-state index is 0.185. The summed E-state index contributed by atoms with van der Waals surface area (Å²) in [5, 5.41) is 0. The molecule has 0 atom stereocenters. The molecule has 0 aliphatic rings. The van der Waals surface area contributed by atoms with Gasteiger partial charge in [0.15, 0.2) is 5.58 Å². The molecule has 1 heterocycles. The van der Waals surface area contributed by atoms with Crippen molar-refractivity contribution in [1.29, 1.82) is 0 Å². The molecule has 8 heteroatoms. The molecule has 0 unspecified atom stereocenters. The number of oxazole rings is 1. The van der Waals surface area contributed by atoms with Gasteiger partial charge in [0.1, 0.15) is 11.3 Å². The Morgan fingerprint density at radius 3 is 2.38 bits per heavy atom. The third-order valence-corrected chi connectivity index (χ3v) is 7.09. The Labute approximate surface area is 242 Å². The second-order valence-electron chi connectivity index (χ2n) is 11.2. The lowest BCUT2D eigenvalue weighted by Gasteiger charge is -2.18. The highest BCUT2D eigenvalue weighted by molar-refractivity contribution is 5.99. The summed E-state index contributed by atoms with van der Waals surface area (Å²) in [5.74, 6) is -0.946. The van der Waals surface area contributed by atoms with Crippen molar-refractivity contribution < 1.29 is 27.1 Å². The number of nitrogens with zero attached hydrogens (tertiary/aromatic N) is 1. The first-order chi connectivity index (χ1) is 19.9. The number of carbonyl (C=O) groups is 1. The highest BCUT2D eigenvalue weighted by Crippen LogP contribution is 2.45. The van der Waals surface area contributed by atoms with Crippen LogP contribution in [0.4, 0.5) is 13.2 Å². The number of aromatic nitrogens is 1. The van der Waals surface area contributed by atoms with E-state index in [1.807, 2.05) is 57.2 Å². The van der Waals surface area contributed by atoms with Crippen molar-refractivity contribution in [2.75, 3.05) is 6.61 Å². The largest absolute Gasteiger partial charge is 0.494 e. The second-order valence-corrected chi connectivity index (χ2v) is 11.2. The minimum Gasteiger partial charge on any atom is -0.494 e. The van der Waals surface area contributed by atoms with Gasteiger partial charge in [-0.2, -0.15) is 13.2 Å². The van der Waals surface area contributed by atoms with Gasteiger partial charge in [-0.1, -0.05) is 75.4 Å². The van der Waals surface area contributed by atoms with Crippen LogP contribution in [0.2, 0.25) is 0 Å². The first kappa shape index (κ1) is 28.9. The Kier molecular flexibility index (Phi) is 7.82. The summed E-state index contributed by atoms with van der Waals surface area (Å²) in [7, 11) is 0. The van der Waals surface area contributed by atoms with E-state index < -0.39 is 23.2 Å². The molecule has 0 fully saturated rings. The lowest BCUT2D eigenvalue weighted by atomic mass is 9.87. The van der Waals surface area contributed by atoms with Gasteiger partial charge in [-0.15, -0.1) is 0 Å². The molecule has 0 aliphatic heterocycles. The summed E-state index contributed by atoms with van der Waals surface area (Å²) >= 11 is 0. The average Bonchev–Trinajstić information content (AvgIpc) is 3.38. The fourth-order valence-electron chi connectivity index (χ4n) is 4.93. The Morgan fingerprint density at radius 2 is 1.69 bits per heavy atom. The Hall–Kier alpha value is -4.59. The van der Waals surface area contributed by atoms with Crippen LogP contribution < -0.4 is 10.5 Å². The average molecular weight is 573 g/mol. The number of ether oxygens (including phenoxy) is 1. The maximum absolute atomic E-state index is 14.6. The molecule has 1 aromatic heterocycles. The molecule has 0 aliphatic carbocycles. The number of benzene rings is 4. The lowest BCUT2D eigenvalue weighted by molar-refractivity contribution is -0.137. The standard InChI is InChI=1S/C34H31F3N2O3/c1-33(2,3)23-14-17-28-27(20-23)39-32(42-28)29-25(15-16-26(31(38)40)30(29)34(35,36)37)22-12-7-13-24(19-22)41-18-8-11-21-9-5-4-6-10-21/h4-7,9-10,12-17,19-20H,8,11,18H2,1-3H3,(H2,38,40). The zero-order chi connectivity index (χ0) is 30.1. The fraction of sp³-hybridized carbons (Fsp3) is 0.235. The van der Waals surface area contributed by atoms with Gasteiger partial charge in [-0.05, 0) is 70.8 Å². The highest BCUT2D eigenvalue weighted by Gasteiger charge is 2.40. The third kappa shape index (κ3) is 6.17. The van der Waals surface area contributed by atoms with Gasteiger partial charge in [0.05, 0.1) is 23.3 Å². The zero-order valence-electron chi connectivity index (χ0n) is 23.6. The number of rotatable bonds is 8. The number of aryl methyl sites for hydroxylation is 1. The second kappa shape index (κ2) is 11.4. The minimum atomic E-state index is -4.92. The van der Waals surface area contributed by atoms with Gasteiger partial charge in [0.2, 0.25) is 11.8 Å². The molecule has 42 heavy (non-hydrogen) atoms. The molecule has 5 aromatic rings. The molecule has 0 spiro atoms. The van der Waals surface area contributed by atoms with Gasteiger partial charge in [-0.3, -0.25) is 4.79 Å². The molecule has 2 N–H and O–H groups in total. The van der Waals surface area contributed by atoms with Crippen LogP contribution in [-0.2, 0) is 18.0 Å². The molecule has 5 nitrogen and oxygen atoms in total. The number of halogens is 3. The number of primary amides is 1. The van der Waals surface area contributed by atoms with Crippen molar-refractivity contribution in [3.63, 3.8) is 0 Å². The lowest BCUT2D eigenvalue weighted by Crippen LogP contribution is -2.20. The maximum Gasteiger partial charge on any atom is 0.417 e. The van der Waals surface area contributed by atoms with E-state index in [2.05, 4.69) is 4.98 Å². The number of nitrogens with two attached hydrogens (primary N) is 1. The van der Waals surface area contributed by atoms with Gasteiger partial charge < -0.3 is 14.9 Å². The fourth-order valence-corrected chi connectivity index (χ4v) is 4.93. The summed E-state index contributed by atoms with van der Waals surface area (Å²) in [5.41, 5.74) is 6.53. The van der Waals surface area contributed by atoms with E-state index in [0.717, 1.165) is 24.5 Å². The van der Waals surface area contributed by atoms with Crippen molar-refractivity contribution >= 4 is 17.0 Å². The quantitative estimate of drug-likeness (QED) is 0.189. The topological polar surface area (TPSA) is 78.4 Å². The first-order valence-electron chi connectivity index (χ1n) is 13.6. The van der Waals surface area contributed by atoms with Crippen molar-refractivity contribution in [2.45, 2.75) is 45.2 Å². The van der Waals surface area contributed by atoms with Crippen LogP contribution in [0.25, 0.3) is 33.7 Å². The van der Waals surface area contributed by atoms with Crippen LogP contribution >= 0.6 is 0 Å². The van der Waals surface area contributed by atoms with Gasteiger partial charge in [0.25, 0.3) is 0 Å². The smallest absolute Gasteiger partial charge is 0.417 e. The van der Waals surface area contributed by atoms with Gasteiger partial charge in [-0.25, -0.2) is 4.98 Å². The molecule has 0 radical (unpaired) electrons. The van der Waals surface area contributed by atoms with E-state index >= 15 is 0 Å². The first-order valence-corrected chi connectivity index (χ1v) is 13.6. The molecular formula is C34H31F3N2O3. The summed E-state index contributed by atoms with van der Waals surface area (Å²) in [6.45, 7) is 6.52. The molecule has 0 saturated carbocycles. The molecule has 0 saturated heterocycles. The Balaban J connectivity index is 1.58. The van der Waals surface area contributed by atoms with E-state index in [1.165, 1.54) is 11.6 Å². The number of hydrogen-bond donors (Lipinski definition) is 1. The molecule has 4 aromatic carbocycles. The number of fused-ring (bicyclic) bond motifs is 1. The van der Waals surface area contributed by atoms with Crippen molar-refractivity contribution in [2.24, 2.45) is 5.73 Å². The highest BCUT2D eigenvalue weighted by atomic mass is 19.4. The summed E-state index contributed by atoms with van der Waals surface area (Å²) in [6, 6.07) is 24.7. The third-order valence-electron chi connectivity index (χ3n) is 7.09.